The summed E-state index contributed by atoms with van der Waals surface area (Å²) in [5.41, 5.74) is 0.520. The lowest BCUT2D eigenvalue weighted by Gasteiger charge is -2.30. The first-order valence-corrected chi connectivity index (χ1v) is 11.3. The van der Waals surface area contributed by atoms with E-state index >= 15 is 0 Å². The Kier molecular flexibility index (Phi) is 8.44. The fraction of sp³-hybridized carbons (Fsp3) is 0.526. The van der Waals surface area contributed by atoms with E-state index in [-0.39, 0.29) is 31.8 Å². The molecule has 1 amide bonds. The van der Waals surface area contributed by atoms with Crippen LogP contribution < -0.4 is 4.90 Å². The van der Waals surface area contributed by atoms with Crippen molar-refractivity contribution in [1.29, 1.82) is 5.26 Å². The van der Waals surface area contributed by atoms with Gasteiger partial charge < -0.3 is 9.64 Å². The number of esters is 1. The van der Waals surface area contributed by atoms with Crippen LogP contribution in [0.25, 0.3) is 0 Å². The van der Waals surface area contributed by atoms with Gasteiger partial charge in [-0.2, -0.15) is 5.26 Å². The van der Waals surface area contributed by atoms with Crippen LogP contribution in [0, 0.1) is 17.2 Å². The Morgan fingerprint density at radius 2 is 2.03 bits per heavy atom. The zero-order valence-corrected chi connectivity index (χ0v) is 17.8. The molecule has 29 heavy (non-hydrogen) atoms. The molecular weight excluding hydrogens is 418 g/mol. The number of rotatable bonds is 8. The Hall–Kier alpha value is -2.15. The number of nitriles is 1. The standard InChI is InChI=1S/C19H24ClN3O5S/c1-2-29(26,27)22-11-7-15(8-12-22)19(25)28-14-18(24)23(10-4-9-21)17-6-3-5-16(20)13-17/h3,5-6,13,15H,2,4,7-8,10-12,14H2,1H3. The summed E-state index contributed by atoms with van der Waals surface area (Å²) in [6.45, 7) is 1.81. The normalized spacial score (nSPS) is 15.5. The minimum Gasteiger partial charge on any atom is -0.455 e. The number of nitrogens with zero attached hydrogens (tertiary/aromatic N) is 3. The van der Waals surface area contributed by atoms with E-state index in [4.69, 9.17) is 21.6 Å². The third-order valence-corrected chi connectivity index (χ3v) is 6.87. The van der Waals surface area contributed by atoms with E-state index in [0.717, 1.165) is 0 Å². The molecule has 0 radical (unpaired) electrons. The highest BCUT2D eigenvalue weighted by Crippen LogP contribution is 2.22. The predicted octanol–water partition coefficient (Wildman–Crippen LogP) is 2.19. The number of benzene rings is 1. The van der Waals surface area contributed by atoms with Gasteiger partial charge in [0, 0.05) is 30.3 Å². The topological polar surface area (TPSA) is 108 Å². The Morgan fingerprint density at radius 1 is 1.34 bits per heavy atom. The molecule has 1 aromatic carbocycles. The lowest BCUT2D eigenvalue weighted by atomic mass is 9.98. The molecule has 1 aromatic rings. The number of anilines is 1. The number of amides is 1. The molecule has 0 bridgehead atoms. The molecule has 1 aliphatic rings. The Labute approximate surface area is 176 Å². The van der Waals surface area contributed by atoms with Crippen LogP contribution in [0.4, 0.5) is 5.69 Å². The minimum atomic E-state index is -3.27. The second-order valence-electron chi connectivity index (χ2n) is 6.61. The van der Waals surface area contributed by atoms with Crippen LogP contribution in [0.1, 0.15) is 26.2 Å². The molecule has 0 saturated carbocycles. The van der Waals surface area contributed by atoms with Gasteiger partial charge in [0.25, 0.3) is 5.91 Å². The Bertz CT molecular complexity index is 876. The molecule has 158 valence electrons. The van der Waals surface area contributed by atoms with Crippen LogP contribution in [-0.2, 0) is 24.3 Å². The molecule has 8 nitrogen and oxygen atoms in total. The number of halogens is 1. The van der Waals surface area contributed by atoms with Crippen molar-refractivity contribution in [3.63, 3.8) is 0 Å². The highest BCUT2D eigenvalue weighted by molar-refractivity contribution is 7.89. The van der Waals surface area contributed by atoms with Crippen molar-refractivity contribution in [2.45, 2.75) is 26.2 Å². The average Bonchev–Trinajstić information content (AvgIpc) is 2.72. The molecule has 0 aliphatic carbocycles. The highest BCUT2D eigenvalue weighted by atomic mass is 35.5. The van der Waals surface area contributed by atoms with E-state index in [9.17, 15) is 18.0 Å². The second kappa shape index (κ2) is 10.6. The molecule has 0 atom stereocenters. The first-order chi connectivity index (χ1) is 13.8. The maximum Gasteiger partial charge on any atom is 0.309 e. The number of carbonyl (C=O) groups excluding carboxylic acids is 2. The van der Waals surface area contributed by atoms with E-state index in [1.165, 1.54) is 9.21 Å². The van der Waals surface area contributed by atoms with Gasteiger partial charge in [-0.3, -0.25) is 9.59 Å². The number of piperidine rings is 1. The van der Waals surface area contributed by atoms with Crippen molar-refractivity contribution in [3.8, 4) is 6.07 Å². The number of hydrogen-bond acceptors (Lipinski definition) is 6. The first kappa shape index (κ1) is 23.1. The summed E-state index contributed by atoms with van der Waals surface area (Å²) >= 11 is 5.98. The summed E-state index contributed by atoms with van der Waals surface area (Å²) in [7, 11) is -3.27. The number of sulfonamides is 1. The van der Waals surface area contributed by atoms with Crippen molar-refractivity contribution in [2.24, 2.45) is 5.92 Å². The largest absolute Gasteiger partial charge is 0.455 e. The molecule has 1 fully saturated rings. The number of ether oxygens (including phenoxy) is 1. The third kappa shape index (κ3) is 6.42. The van der Waals surface area contributed by atoms with Crippen LogP contribution >= 0.6 is 11.6 Å². The molecular formula is C19H24ClN3O5S. The summed E-state index contributed by atoms with van der Waals surface area (Å²) in [5.74, 6) is -1.39. The fourth-order valence-electron chi connectivity index (χ4n) is 3.08. The molecule has 0 aromatic heterocycles. The predicted molar refractivity (Wildman–Crippen MR) is 109 cm³/mol. The van der Waals surface area contributed by atoms with Crippen LogP contribution in [0.15, 0.2) is 24.3 Å². The van der Waals surface area contributed by atoms with Gasteiger partial charge in [0.1, 0.15) is 0 Å². The van der Waals surface area contributed by atoms with Crippen LogP contribution in [0.3, 0.4) is 0 Å². The minimum absolute atomic E-state index is 0.0264. The molecule has 2 rings (SSSR count). The molecule has 0 N–H and O–H groups in total. The van der Waals surface area contributed by atoms with Crippen LogP contribution in [0.2, 0.25) is 5.02 Å². The Balaban J connectivity index is 1.92. The third-order valence-electron chi connectivity index (χ3n) is 4.75. The fourth-order valence-corrected chi connectivity index (χ4v) is 4.40. The zero-order chi connectivity index (χ0) is 21.4. The van der Waals surface area contributed by atoms with Crippen LogP contribution in [-0.4, -0.2) is 56.6 Å². The highest BCUT2D eigenvalue weighted by Gasteiger charge is 2.31. The van der Waals surface area contributed by atoms with E-state index in [2.05, 4.69) is 0 Å². The van der Waals surface area contributed by atoms with Crippen LogP contribution in [0.5, 0.6) is 0 Å². The molecule has 1 heterocycles. The maximum atomic E-state index is 12.6. The van der Waals surface area contributed by atoms with Gasteiger partial charge in [-0.1, -0.05) is 17.7 Å². The summed E-state index contributed by atoms with van der Waals surface area (Å²) in [6.07, 6.45) is 0.841. The summed E-state index contributed by atoms with van der Waals surface area (Å²) in [5, 5.41) is 9.28. The van der Waals surface area contributed by atoms with Crippen molar-refractivity contribution in [2.75, 3.05) is 36.9 Å². The molecule has 10 heteroatoms. The van der Waals surface area contributed by atoms with E-state index in [1.807, 2.05) is 6.07 Å². The number of carbonyl (C=O) groups is 2. The van der Waals surface area contributed by atoms with E-state index < -0.39 is 34.4 Å². The Morgan fingerprint density at radius 3 is 2.62 bits per heavy atom. The molecule has 1 aliphatic heterocycles. The van der Waals surface area contributed by atoms with Crippen molar-refractivity contribution in [3.05, 3.63) is 29.3 Å². The molecule has 0 spiro atoms. The van der Waals surface area contributed by atoms with Gasteiger partial charge in [-0.25, -0.2) is 12.7 Å². The zero-order valence-electron chi connectivity index (χ0n) is 16.2. The SMILES string of the molecule is CCS(=O)(=O)N1CCC(C(=O)OCC(=O)N(CCC#N)c2cccc(Cl)c2)CC1. The number of hydrogen-bond donors (Lipinski definition) is 0. The van der Waals surface area contributed by atoms with Gasteiger partial charge in [-0.15, -0.1) is 0 Å². The summed E-state index contributed by atoms with van der Waals surface area (Å²) < 4.78 is 30.4. The lowest BCUT2D eigenvalue weighted by Crippen LogP contribution is -2.42. The maximum absolute atomic E-state index is 12.6. The van der Waals surface area contributed by atoms with Crippen molar-refractivity contribution >= 4 is 39.2 Å². The van der Waals surface area contributed by atoms with Gasteiger partial charge in [-0.05, 0) is 38.0 Å². The summed E-state index contributed by atoms with van der Waals surface area (Å²) in [4.78, 5) is 26.3. The van der Waals surface area contributed by atoms with Gasteiger partial charge >= 0.3 is 5.97 Å². The van der Waals surface area contributed by atoms with Crippen molar-refractivity contribution < 1.29 is 22.7 Å². The smallest absolute Gasteiger partial charge is 0.309 e. The van der Waals surface area contributed by atoms with Gasteiger partial charge in [0.15, 0.2) is 6.61 Å². The average molecular weight is 442 g/mol. The van der Waals surface area contributed by atoms with Gasteiger partial charge in [0.2, 0.25) is 10.0 Å². The van der Waals surface area contributed by atoms with Gasteiger partial charge in [0.05, 0.1) is 24.2 Å². The first-order valence-electron chi connectivity index (χ1n) is 9.35. The summed E-state index contributed by atoms with van der Waals surface area (Å²) in [6, 6.07) is 8.63. The molecule has 0 unspecified atom stereocenters. The van der Waals surface area contributed by atoms with Crippen molar-refractivity contribution in [1.82, 2.24) is 4.31 Å². The monoisotopic (exact) mass is 441 g/mol. The van der Waals surface area contributed by atoms with E-state index in [0.29, 0.717) is 23.6 Å². The second-order valence-corrected chi connectivity index (χ2v) is 9.31. The quantitative estimate of drug-likeness (QED) is 0.572. The van der Waals surface area contributed by atoms with E-state index in [1.54, 1.807) is 31.2 Å². The molecule has 1 saturated heterocycles. The lowest BCUT2D eigenvalue weighted by molar-refractivity contribution is -0.153.